The van der Waals surface area contributed by atoms with E-state index in [1.54, 1.807) is 4.52 Å². The zero-order valence-corrected chi connectivity index (χ0v) is 19.7. The van der Waals surface area contributed by atoms with E-state index in [-0.39, 0.29) is 5.56 Å². The number of carbonyl (C=O) groups is 1. The van der Waals surface area contributed by atoms with Crippen LogP contribution in [0.1, 0.15) is 41.7 Å². The third-order valence-electron chi connectivity index (χ3n) is 6.94. The number of nitrogens with zero attached hydrogens (tertiary/aromatic N) is 6. The van der Waals surface area contributed by atoms with Crippen LogP contribution in [0.15, 0.2) is 67.1 Å². The topological polar surface area (TPSA) is 88.5 Å². The Morgan fingerprint density at radius 3 is 2.69 bits per heavy atom. The lowest BCUT2D eigenvalue weighted by molar-refractivity contribution is 0.0698. The first-order chi connectivity index (χ1) is 17.0. The van der Waals surface area contributed by atoms with Crippen LogP contribution in [0, 0.1) is 5.92 Å². The highest BCUT2D eigenvalue weighted by atomic mass is 16.4. The average molecular weight is 467 g/mol. The molecular weight excluding hydrogens is 440 g/mol. The van der Waals surface area contributed by atoms with Gasteiger partial charge in [0.15, 0.2) is 5.65 Å². The molecule has 4 heterocycles. The first-order valence-corrected chi connectivity index (χ1v) is 11.8. The molecule has 4 aromatic heterocycles. The molecule has 1 aliphatic carbocycles. The quantitative estimate of drug-likeness (QED) is 0.377. The van der Waals surface area contributed by atoms with Gasteiger partial charge in [-0.3, -0.25) is 0 Å². The van der Waals surface area contributed by atoms with Crippen LogP contribution >= 0.6 is 0 Å². The molecule has 0 spiro atoms. The van der Waals surface area contributed by atoms with E-state index >= 15 is 0 Å². The Balaban J connectivity index is 1.53. The first kappa shape index (κ1) is 21.3. The van der Waals surface area contributed by atoms with Crippen molar-refractivity contribution in [2.45, 2.75) is 32.4 Å². The maximum atomic E-state index is 12.0. The van der Waals surface area contributed by atoms with Crippen molar-refractivity contribution in [1.82, 2.24) is 24.1 Å². The van der Waals surface area contributed by atoms with Crippen molar-refractivity contribution in [2.24, 2.45) is 5.92 Å². The summed E-state index contributed by atoms with van der Waals surface area (Å²) in [5.41, 5.74) is 4.14. The largest absolute Gasteiger partial charge is 0.477 e. The SMILES string of the molecule is CC1CC(n2cc(-c3cc(N(C)Cc4ccccc4)n4ncc(C(=O)O)c4n3)c3cccnc32)C1. The second kappa shape index (κ2) is 8.23. The first-order valence-electron chi connectivity index (χ1n) is 11.8. The maximum absolute atomic E-state index is 12.0. The number of carboxylic acid groups (broad SMARTS) is 1. The third-order valence-corrected chi connectivity index (χ3v) is 6.94. The number of hydrogen-bond donors (Lipinski definition) is 1. The molecule has 0 saturated heterocycles. The van der Waals surface area contributed by atoms with Crippen LogP contribution in [0.2, 0.25) is 0 Å². The van der Waals surface area contributed by atoms with Gasteiger partial charge in [-0.2, -0.15) is 9.61 Å². The summed E-state index contributed by atoms with van der Waals surface area (Å²) in [5, 5.41) is 15.2. The van der Waals surface area contributed by atoms with Gasteiger partial charge in [-0.15, -0.1) is 0 Å². The standard InChI is InChI=1S/C27H26N6O2/c1-17-11-19(12-17)32-16-22(20-9-6-10-28-25(20)32)23-13-24(31(2)15-18-7-4-3-5-8-18)33-26(30-23)21(14-29-33)27(34)35/h3-10,13-14,16-17,19H,11-12,15H2,1-2H3,(H,34,35). The van der Waals surface area contributed by atoms with Gasteiger partial charge in [-0.05, 0) is 36.5 Å². The van der Waals surface area contributed by atoms with E-state index < -0.39 is 5.97 Å². The fourth-order valence-electron chi connectivity index (χ4n) is 5.10. The lowest BCUT2D eigenvalue weighted by Crippen LogP contribution is -2.24. The lowest BCUT2D eigenvalue weighted by Gasteiger charge is -2.34. The minimum absolute atomic E-state index is 0.0795. The Hall–Kier alpha value is -4.20. The van der Waals surface area contributed by atoms with Gasteiger partial charge in [0.1, 0.15) is 17.0 Å². The van der Waals surface area contributed by atoms with Crippen molar-refractivity contribution >= 4 is 28.5 Å². The number of rotatable bonds is 6. The molecular formula is C27H26N6O2. The number of benzene rings is 1. The Morgan fingerprint density at radius 2 is 1.94 bits per heavy atom. The number of pyridine rings is 1. The van der Waals surface area contributed by atoms with Crippen molar-refractivity contribution in [3.05, 3.63) is 78.2 Å². The Morgan fingerprint density at radius 1 is 1.14 bits per heavy atom. The van der Waals surface area contributed by atoms with E-state index in [0.717, 1.165) is 40.8 Å². The number of anilines is 1. The van der Waals surface area contributed by atoms with Gasteiger partial charge < -0.3 is 14.6 Å². The molecule has 0 aliphatic heterocycles. The predicted molar refractivity (Wildman–Crippen MR) is 135 cm³/mol. The number of aromatic carboxylic acids is 1. The highest BCUT2D eigenvalue weighted by molar-refractivity contribution is 5.97. The van der Waals surface area contributed by atoms with Crippen LogP contribution in [-0.2, 0) is 6.54 Å². The van der Waals surface area contributed by atoms with Gasteiger partial charge >= 0.3 is 5.97 Å². The summed E-state index contributed by atoms with van der Waals surface area (Å²) >= 11 is 0. The monoisotopic (exact) mass is 466 g/mol. The highest BCUT2D eigenvalue weighted by Gasteiger charge is 2.29. The predicted octanol–water partition coefficient (Wildman–Crippen LogP) is 5.05. The van der Waals surface area contributed by atoms with Gasteiger partial charge in [0, 0.05) is 49.0 Å². The summed E-state index contributed by atoms with van der Waals surface area (Å²) in [5.74, 6) is 0.430. The van der Waals surface area contributed by atoms with E-state index in [1.165, 1.54) is 6.20 Å². The zero-order valence-electron chi connectivity index (χ0n) is 19.7. The number of aromatic nitrogens is 5. The molecule has 176 valence electrons. The van der Waals surface area contributed by atoms with Gasteiger partial charge in [-0.1, -0.05) is 37.3 Å². The van der Waals surface area contributed by atoms with E-state index in [1.807, 2.05) is 43.6 Å². The van der Waals surface area contributed by atoms with Gasteiger partial charge in [0.05, 0.1) is 11.9 Å². The molecule has 5 aromatic rings. The van der Waals surface area contributed by atoms with Gasteiger partial charge in [0.25, 0.3) is 0 Å². The van der Waals surface area contributed by atoms with Crippen LogP contribution in [-0.4, -0.2) is 42.3 Å². The molecule has 6 rings (SSSR count). The number of carboxylic acids is 1. The Labute approximate surface area is 202 Å². The summed E-state index contributed by atoms with van der Waals surface area (Å²) in [7, 11) is 1.98. The molecule has 0 atom stereocenters. The van der Waals surface area contributed by atoms with Crippen molar-refractivity contribution in [2.75, 3.05) is 11.9 Å². The lowest BCUT2D eigenvalue weighted by atomic mass is 9.82. The summed E-state index contributed by atoms with van der Waals surface area (Å²) in [6.07, 6.45) is 7.58. The summed E-state index contributed by atoms with van der Waals surface area (Å²) in [4.78, 5) is 23.5. The molecule has 0 unspecified atom stereocenters. The molecule has 1 saturated carbocycles. The van der Waals surface area contributed by atoms with E-state index in [9.17, 15) is 9.90 Å². The van der Waals surface area contributed by atoms with Crippen molar-refractivity contribution in [3.8, 4) is 11.3 Å². The summed E-state index contributed by atoms with van der Waals surface area (Å²) in [6.45, 7) is 2.92. The molecule has 35 heavy (non-hydrogen) atoms. The molecule has 0 radical (unpaired) electrons. The summed E-state index contributed by atoms with van der Waals surface area (Å²) < 4.78 is 3.87. The second-order valence-corrected chi connectivity index (χ2v) is 9.50. The summed E-state index contributed by atoms with van der Waals surface area (Å²) in [6, 6.07) is 16.6. The zero-order chi connectivity index (χ0) is 24.1. The van der Waals surface area contributed by atoms with E-state index in [2.05, 4.69) is 50.9 Å². The molecule has 0 bridgehead atoms. The molecule has 1 aliphatic rings. The van der Waals surface area contributed by atoms with Crippen LogP contribution in [0.4, 0.5) is 5.82 Å². The van der Waals surface area contributed by atoms with Gasteiger partial charge in [0.2, 0.25) is 0 Å². The van der Waals surface area contributed by atoms with Crippen molar-refractivity contribution < 1.29 is 9.90 Å². The van der Waals surface area contributed by atoms with Crippen molar-refractivity contribution in [3.63, 3.8) is 0 Å². The minimum atomic E-state index is -1.05. The third kappa shape index (κ3) is 3.62. The molecule has 1 aromatic carbocycles. The molecule has 1 fully saturated rings. The number of fused-ring (bicyclic) bond motifs is 2. The molecule has 8 heteroatoms. The van der Waals surface area contributed by atoms with E-state index in [4.69, 9.17) is 4.98 Å². The van der Waals surface area contributed by atoms with Gasteiger partial charge in [-0.25, -0.2) is 14.8 Å². The highest BCUT2D eigenvalue weighted by Crippen LogP contribution is 2.41. The van der Waals surface area contributed by atoms with E-state index in [0.29, 0.717) is 29.8 Å². The maximum Gasteiger partial charge on any atom is 0.341 e. The van der Waals surface area contributed by atoms with Crippen LogP contribution in [0.3, 0.4) is 0 Å². The Kier molecular flexibility index (Phi) is 5.02. The fourth-order valence-corrected chi connectivity index (χ4v) is 5.10. The second-order valence-electron chi connectivity index (χ2n) is 9.50. The smallest absolute Gasteiger partial charge is 0.341 e. The van der Waals surface area contributed by atoms with Crippen LogP contribution < -0.4 is 4.90 Å². The van der Waals surface area contributed by atoms with Crippen LogP contribution in [0.25, 0.3) is 27.9 Å². The number of hydrogen-bond acceptors (Lipinski definition) is 5. The average Bonchev–Trinajstić information content (AvgIpc) is 3.44. The molecule has 0 amide bonds. The van der Waals surface area contributed by atoms with Crippen LogP contribution in [0.5, 0.6) is 0 Å². The molecule has 1 N–H and O–H groups in total. The Bertz CT molecular complexity index is 1550. The van der Waals surface area contributed by atoms with Crippen molar-refractivity contribution in [1.29, 1.82) is 0 Å². The fraction of sp³-hybridized carbons (Fsp3) is 0.259. The normalized spacial score (nSPS) is 17.5. The minimum Gasteiger partial charge on any atom is -0.477 e. The molecule has 8 nitrogen and oxygen atoms in total.